The van der Waals surface area contributed by atoms with Gasteiger partial charge in [0.1, 0.15) is 11.9 Å². The highest BCUT2D eigenvalue weighted by Gasteiger charge is 2.25. The molecule has 0 aliphatic carbocycles. The minimum absolute atomic E-state index is 0.0875. The molecule has 0 radical (unpaired) electrons. The first-order valence-electron chi connectivity index (χ1n) is 4.89. The van der Waals surface area contributed by atoms with Crippen molar-refractivity contribution in [2.45, 2.75) is 12.5 Å². The second-order valence-electron chi connectivity index (χ2n) is 3.40. The Bertz CT molecular complexity index is 399. The average Bonchev–Trinajstić information content (AvgIpc) is 2.82. The Balaban J connectivity index is 2.35. The largest absolute Gasteiger partial charge is 0.465 e. The van der Waals surface area contributed by atoms with Crippen molar-refractivity contribution in [1.82, 2.24) is 0 Å². The highest BCUT2D eigenvalue weighted by Crippen LogP contribution is 2.29. The smallest absolute Gasteiger partial charge is 0.340 e. The molecule has 1 aliphatic rings. The Morgan fingerprint density at radius 2 is 2.38 bits per heavy atom. The molecule has 1 atom stereocenters. The number of carbonyl (C=O) groups excluding carboxylic acids is 1. The summed E-state index contributed by atoms with van der Waals surface area (Å²) in [7, 11) is 1.21. The summed E-state index contributed by atoms with van der Waals surface area (Å²) in [6, 6.07) is 4.54. The minimum atomic E-state index is -0.696. The Morgan fingerprint density at radius 3 is 3.00 bits per heavy atom. The van der Waals surface area contributed by atoms with E-state index >= 15 is 0 Å². The molecule has 0 aromatic heterocycles. The number of benzene rings is 1. The number of halogens is 1. The minimum Gasteiger partial charge on any atom is -0.465 e. The summed E-state index contributed by atoms with van der Waals surface area (Å²) in [6.07, 6.45) is 0.117. The lowest BCUT2D eigenvalue weighted by Crippen LogP contribution is -2.08. The van der Waals surface area contributed by atoms with Crippen LogP contribution in [0.5, 0.6) is 0 Å². The zero-order valence-corrected chi connectivity index (χ0v) is 8.73. The quantitative estimate of drug-likeness (QED) is 0.571. The van der Waals surface area contributed by atoms with Crippen molar-refractivity contribution in [3.05, 3.63) is 35.1 Å². The zero-order valence-electron chi connectivity index (χ0n) is 8.73. The molecule has 1 unspecified atom stereocenters. The standard InChI is InChI=1S/C11H11FO4/c1-14-11(13)8-4-2-3-7(10(8)12)9-5-6-15-16-9/h2-4,9H,5-6H2,1H3. The third-order valence-corrected chi connectivity index (χ3v) is 2.43. The molecular formula is C11H11FO4. The fourth-order valence-electron chi connectivity index (χ4n) is 1.61. The van der Waals surface area contributed by atoms with Gasteiger partial charge in [0, 0.05) is 12.0 Å². The van der Waals surface area contributed by atoms with Crippen molar-refractivity contribution >= 4 is 5.97 Å². The van der Waals surface area contributed by atoms with Gasteiger partial charge in [0.15, 0.2) is 0 Å². The lowest BCUT2D eigenvalue weighted by atomic mass is 10.0. The maximum Gasteiger partial charge on any atom is 0.340 e. The third kappa shape index (κ3) is 1.91. The SMILES string of the molecule is COC(=O)c1cccc(C2CCOO2)c1F. The number of carbonyl (C=O) groups is 1. The molecule has 86 valence electrons. The first-order chi connectivity index (χ1) is 7.74. The van der Waals surface area contributed by atoms with Crippen LogP contribution in [0.15, 0.2) is 18.2 Å². The monoisotopic (exact) mass is 226 g/mol. The van der Waals surface area contributed by atoms with Crippen LogP contribution < -0.4 is 0 Å². The summed E-state index contributed by atoms with van der Waals surface area (Å²) in [4.78, 5) is 20.9. The summed E-state index contributed by atoms with van der Waals surface area (Å²) in [5.41, 5.74) is 0.232. The molecule has 16 heavy (non-hydrogen) atoms. The molecule has 1 saturated heterocycles. The van der Waals surface area contributed by atoms with E-state index in [0.29, 0.717) is 18.6 Å². The van der Waals surface area contributed by atoms with E-state index in [0.717, 1.165) is 0 Å². The van der Waals surface area contributed by atoms with E-state index < -0.39 is 17.9 Å². The van der Waals surface area contributed by atoms with Crippen LogP contribution in [-0.2, 0) is 14.5 Å². The summed E-state index contributed by atoms with van der Waals surface area (Å²) < 4.78 is 18.4. The number of ether oxygens (including phenoxy) is 1. The van der Waals surface area contributed by atoms with E-state index in [-0.39, 0.29) is 5.56 Å². The number of rotatable bonds is 2. The number of esters is 1. The van der Waals surface area contributed by atoms with Crippen LogP contribution in [-0.4, -0.2) is 19.7 Å². The molecule has 0 bridgehead atoms. The molecule has 0 saturated carbocycles. The van der Waals surface area contributed by atoms with Crippen LogP contribution in [0, 0.1) is 5.82 Å². The molecule has 1 heterocycles. The molecule has 1 fully saturated rings. The highest BCUT2D eigenvalue weighted by molar-refractivity contribution is 5.89. The van der Waals surface area contributed by atoms with Gasteiger partial charge in [-0.25, -0.2) is 19.0 Å². The van der Waals surface area contributed by atoms with Gasteiger partial charge in [-0.1, -0.05) is 12.1 Å². The van der Waals surface area contributed by atoms with Gasteiger partial charge in [-0.3, -0.25) is 0 Å². The summed E-state index contributed by atoms with van der Waals surface area (Å²) in [5, 5.41) is 0. The Morgan fingerprint density at radius 1 is 1.56 bits per heavy atom. The van der Waals surface area contributed by atoms with Crippen LogP contribution in [0.4, 0.5) is 4.39 Å². The van der Waals surface area contributed by atoms with Gasteiger partial charge in [0.2, 0.25) is 0 Å². The van der Waals surface area contributed by atoms with E-state index in [1.807, 2.05) is 0 Å². The van der Waals surface area contributed by atoms with Crippen LogP contribution >= 0.6 is 0 Å². The van der Waals surface area contributed by atoms with Crippen LogP contribution in [0.3, 0.4) is 0 Å². The zero-order chi connectivity index (χ0) is 11.5. The topological polar surface area (TPSA) is 44.8 Å². The maximum atomic E-state index is 13.9. The normalized spacial score (nSPS) is 19.8. The van der Waals surface area contributed by atoms with Gasteiger partial charge in [-0.2, -0.15) is 0 Å². The van der Waals surface area contributed by atoms with Crippen molar-refractivity contribution in [2.24, 2.45) is 0 Å². The van der Waals surface area contributed by atoms with Crippen molar-refractivity contribution in [2.75, 3.05) is 13.7 Å². The van der Waals surface area contributed by atoms with Crippen molar-refractivity contribution in [3.63, 3.8) is 0 Å². The van der Waals surface area contributed by atoms with E-state index in [4.69, 9.17) is 9.78 Å². The maximum absolute atomic E-state index is 13.9. The highest BCUT2D eigenvalue weighted by atomic mass is 19.1. The Kier molecular flexibility index (Phi) is 3.17. The second-order valence-corrected chi connectivity index (χ2v) is 3.40. The van der Waals surface area contributed by atoms with Crippen molar-refractivity contribution in [3.8, 4) is 0 Å². The number of methoxy groups -OCH3 is 1. The van der Waals surface area contributed by atoms with Gasteiger partial charge in [-0.15, -0.1) is 0 Å². The van der Waals surface area contributed by atoms with E-state index in [1.165, 1.54) is 13.2 Å². The molecule has 2 rings (SSSR count). The van der Waals surface area contributed by atoms with Gasteiger partial charge < -0.3 is 4.74 Å². The lowest BCUT2D eigenvalue weighted by Gasteiger charge is -2.10. The number of hydrogen-bond acceptors (Lipinski definition) is 4. The van der Waals surface area contributed by atoms with Gasteiger partial charge >= 0.3 is 5.97 Å². The first kappa shape index (κ1) is 11.0. The summed E-state index contributed by atoms with van der Waals surface area (Å²) in [5.74, 6) is -1.30. The average molecular weight is 226 g/mol. The Hall–Kier alpha value is -1.46. The van der Waals surface area contributed by atoms with Crippen molar-refractivity contribution < 1.29 is 23.7 Å². The van der Waals surface area contributed by atoms with Crippen LogP contribution in [0.25, 0.3) is 0 Å². The van der Waals surface area contributed by atoms with Gasteiger partial charge in [0.25, 0.3) is 0 Å². The lowest BCUT2D eigenvalue weighted by molar-refractivity contribution is -0.277. The second kappa shape index (κ2) is 4.59. The summed E-state index contributed by atoms with van der Waals surface area (Å²) >= 11 is 0. The van der Waals surface area contributed by atoms with Gasteiger partial charge in [0.05, 0.1) is 19.3 Å². The predicted molar refractivity (Wildman–Crippen MR) is 52.1 cm³/mol. The van der Waals surface area contributed by atoms with E-state index in [1.54, 1.807) is 12.1 Å². The summed E-state index contributed by atoms with van der Waals surface area (Å²) in [6.45, 7) is 0.423. The Labute approximate surface area is 91.8 Å². The molecule has 1 aromatic rings. The van der Waals surface area contributed by atoms with E-state index in [9.17, 15) is 9.18 Å². The van der Waals surface area contributed by atoms with Gasteiger partial charge in [-0.05, 0) is 6.07 Å². The molecular weight excluding hydrogens is 215 g/mol. The third-order valence-electron chi connectivity index (χ3n) is 2.43. The predicted octanol–water partition coefficient (Wildman–Crippen LogP) is 2.01. The molecule has 4 nitrogen and oxygen atoms in total. The molecule has 5 heteroatoms. The van der Waals surface area contributed by atoms with Crippen molar-refractivity contribution in [1.29, 1.82) is 0 Å². The molecule has 1 aromatic carbocycles. The molecule has 0 amide bonds. The fourth-order valence-corrected chi connectivity index (χ4v) is 1.61. The van der Waals surface area contributed by atoms with Crippen LogP contribution in [0.2, 0.25) is 0 Å². The molecule has 1 aliphatic heterocycles. The molecule has 0 N–H and O–H groups in total. The number of hydrogen-bond donors (Lipinski definition) is 0. The first-order valence-corrected chi connectivity index (χ1v) is 4.89. The van der Waals surface area contributed by atoms with Crippen LogP contribution in [0.1, 0.15) is 28.4 Å². The fraction of sp³-hybridized carbons (Fsp3) is 0.364. The van der Waals surface area contributed by atoms with E-state index in [2.05, 4.69) is 4.74 Å². The molecule has 0 spiro atoms.